The Morgan fingerprint density at radius 3 is 1.93 bits per heavy atom. The summed E-state index contributed by atoms with van der Waals surface area (Å²) in [5.74, 6) is 0.701. The fraction of sp³-hybridized carbons (Fsp3) is 1.00. The number of hydrogen-bond donors (Lipinski definition) is 1. The van der Waals surface area contributed by atoms with E-state index in [0.717, 1.165) is 26.2 Å². The summed E-state index contributed by atoms with van der Waals surface area (Å²) in [6.45, 7) is 3.52. The summed E-state index contributed by atoms with van der Waals surface area (Å²) < 4.78 is 22.2. The van der Waals surface area contributed by atoms with Crippen LogP contribution < -0.4 is 5.32 Å². The van der Waals surface area contributed by atoms with Gasteiger partial charge in [-0.3, -0.25) is 4.90 Å². The Morgan fingerprint density at radius 1 is 1.07 bits per heavy atom. The van der Waals surface area contributed by atoms with E-state index >= 15 is 0 Å². The monoisotopic (exact) mass is 262 g/mol. The van der Waals surface area contributed by atoms with E-state index in [4.69, 9.17) is 0 Å². The first-order valence-electron chi connectivity index (χ1n) is 4.32. The molecule has 2 rings (SSSR count). The molecule has 2 aliphatic rings. The van der Waals surface area contributed by atoms with Gasteiger partial charge in [0, 0.05) is 32.2 Å². The van der Waals surface area contributed by atoms with Gasteiger partial charge in [-0.05, 0) is 0 Å². The molecule has 0 unspecified atom stereocenters. The quantitative estimate of drug-likeness (QED) is 0.695. The number of halogens is 2. The predicted octanol–water partition coefficient (Wildman–Crippen LogP) is -0.468. The van der Waals surface area contributed by atoms with Gasteiger partial charge in [-0.2, -0.15) is 0 Å². The largest absolute Gasteiger partial charge is 0.314 e. The van der Waals surface area contributed by atoms with Gasteiger partial charge in [-0.25, -0.2) is 8.42 Å². The van der Waals surface area contributed by atoms with Crippen molar-refractivity contribution in [2.75, 3.05) is 37.7 Å². The minimum atomic E-state index is -2.70. The van der Waals surface area contributed by atoms with Crippen molar-refractivity contribution in [1.82, 2.24) is 10.2 Å². The van der Waals surface area contributed by atoms with E-state index in [2.05, 4.69) is 10.2 Å². The molecule has 86 valence electrons. The maximum atomic E-state index is 11.1. The van der Waals surface area contributed by atoms with E-state index in [9.17, 15) is 8.42 Å². The van der Waals surface area contributed by atoms with Crippen molar-refractivity contribution in [3.63, 3.8) is 0 Å². The second-order valence-corrected chi connectivity index (χ2v) is 5.80. The fourth-order valence-electron chi connectivity index (χ4n) is 1.62. The molecule has 0 aromatic carbocycles. The van der Waals surface area contributed by atoms with Crippen LogP contribution >= 0.6 is 24.8 Å². The lowest BCUT2D eigenvalue weighted by atomic mass is 10.1. The third kappa shape index (κ3) is 3.24. The van der Waals surface area contributed by atoms with Crippen molar-refractivity contribution in [2.24, 2.45) is 0 Å². The predicted molar refractivity (Wildman–Crippen MR) is 61.4 cm³/mol. The molecule has 0 bridgehead atoms. The normalized spacial score (nSPS) is 26.9. The number of rotatable bonds is 1. The van der Waals surface area contributed by atoms with Crippen LogP contribution in [0.2, 0.25) is 0 Å². The maximum Gasteiger partial charge on any atom is 0.152 e. The van der Waals surface area contributed by atoms with E-state index in [0.29, 0.717) is 17.5 Å². The van der Waals surface area contributed by atoms with Crippen LogP contribution in [-0.2, 0) is 9.84 Å². The molecule has 0 atom stereocenters. The molecule has 0 spiro atoms. The second-order valence-electron chi connectivity index (χ2n) is 3.50. The van der Waals surface area contributed by atoms with Crippen LogP contribution in [0.1, 0.15) is 0 Å². The molecular weight excluding hydrogens is 247 g/mol. The van der Waals surface area contributed by atoms with Gasteiger partial charge >= 0.3 is 0 Å². The Morgan fingerprint density at radius 2 is 1.57 bits per heavy atom. The Hall–Kier alpha value is 0.450. The van der Waals surface area contributed by atoms with E-state index in [1.807, 2.05) is 0 Å². The van der Waals surface area contributed by atoms with E-state index in [1.54, 1.807) is 0 Å². The highest BCUT2D eigenvalue weighted by Crippen LogP contribution is 2.10. The molecule has 0 saturated carbocycles. The van der Waals surface area contributed by atoms with Crippen LogP contribution in [0, 0.1) is 0 Å². The summed E-state index contributed by atoms with van der Waals surface area (Å²) >= 11 is 0. The first kappa shape index (κ1) is 14.5. The lowest BCUT2D eigenvalue weighted by molar-refractivity contribution is 0.157. The van der Waals surface area contributed by atoms with E-state index < -0.39 is 9.84 Å². The van der Waals surface area contributed by atoms with Gasteiger partial charge in [-0.1, -0.05) is 0 Å². The van der Waals surface area contributed by atoms with E-state index in [-0.39, 0.29) is 24.8 Å². The van der Waals surface area contributed by atoms with Crippen molar-refractivity contribution in [3.05, 3.63) is 0 Å². The summed E-state index contributed by atoms with van der Waals surface area (Å²) in [6, 6.07) is 0.598. The van der Waals surface area contributed by atoms with Gasteiger partial charge in [0.2, 0.25) is 0 Å². The van der Waals surface area contributed by atoms with Crippen LogP contribution in [0.4, 0.5) is 0 Å². The van der Waals surface area contributed by atoms with Crippen molar-refractivity contribution in [1.29, 1.82) is 0 Å². The van der Waals surface area contributed by atoms with Crippen LogP contribution in [0.3, 0.4) is 0 Å². The number of nitrogens with zero attached hydrogens (tertiary/aromatic N) is 1. The lowest BCUT2D eigenvalue weighted by Gasteiger charge is -2.39. The Kier molecular flexibility index (Phi) is 5.69. The van der Waals surface area contributed by atoms with Crippen molar-refractivity contribution < 1.29 is 8.42 Å². The van der Waals surface area contributed by atoms with Gasteiger partial charge in [0.1, 0.15) is 0 Å². The first-order chi connectivity index (χ1) is 5.67. The lowest BCUT2D eigenvalue weighted by Crippen LogP contribution is -2.60. The van der Waals surface area contributed by atoms with Gasteiger partial charge in [0.25, 0.3) is 0 Å². The Bertz CT molecular complexity index is 253. The molecule has 4 nitrogen and oxygen atoms in total. The van der Waals surface area contributed by atoms with Crippen molar-refractivity contribution >= 4 is 34.7 Å². The van der Waals surface area contributed by atoms with Gasteiger partial charge in [0.15, 0.2) is 9.84 Å². The molecule has 14 heavy (non-hydrogen) atoms. The highest BCUT2D eigenvalue weighted by Gasteiger charge is 2.29. The van der Waals surface area contributed by atoms with Crippen molar-refractivity contribution in [2.45, 2.75) is 6.04 Å². The van der Waals surface area contributed by atoms with Crippen LogP contribution in [0.15, 0.2) is 0 Å². The zero-order valence-electron chi connectivity index (χ0n) is 7.81. The molecule has 7 heteroatoms. The van der Waals surface area contributed by atoms with Gasteiger partial charge < -0.3 is 5.32 Å². The highest BCUT2D eigenvalue weighted by molar-refractivity contribution is 7.91. The summed E-state index contributed by atoms with van der Waals surface area (Å²) in [5.41, 5.74) is 0. The Balaban J connectivity index is 0.000000845. The van der Waals surface area contributed by atoms with Crippen LogP contribution in [0.25, 0.3) is 0 Å². The van der Waals surface area contributed by atoms with Crippen LogP contribution in [0.5, 0.6) is 0 Å². The minimum Gasteiger partial charge on any atom is -0.314 e. The highest BCUT2D eigenvalue weighted by atomic mass is 35.5. The zero-order chi connectivity index (χ0) is 8.60. The van der Waals surface area contributed by atoms with Crippen LogP contribution in [-0.4, -0.2) is 57.0 Å². The molecular formula is C7H16Cl2N2O2S. The molecule has 0 aromatic heterocycles. The minimum absolute atomic E-state index is 0. The molecule has 2 saturated heterocycles. The first-order valence-corrected chi connectivity index (χ1v) is 6.15. The third-order valence-corrected chi connectivity index (χ3v) is 4.26. The van der Waals surface area contributed by atoms with Crippen molar-refractivity contribution in [3.8, 4) is 0 Å². The fourth-order valence-corrected chi connectivity index (χ4v) is 2.85. The standard InChI is InChI=1S/C7H14N2O2S.2ClH/c10-12(11)3-1-9(2-4-12)7-5-8-6-7;;/h7-8H,1-6H2;2*1H. The average molecular weight is 263 g/mol. The molecule has 0 aromatic rings. The molecule has 0 aliphatic carbocycles. The summed E-state index contributed by atoms with van der Waals surface area (Å²) in [4.78, 5) is 2.28. The molecule has 0 amide bonds. The SMILES string of the molecule is Cl.Cl.O=S1(=O)CCN(C2CNC2)CC1. The summed E-state index contributed by atoms with van der Waals surface area (Å²) in [5, 5.41) is 3.19. The number of sulfone groups is 1. The molecule has 2 aliphatic heterocycles. The molecule has 2 fully saturated rings. The summed E-state index contributed by atoms with van der Waals surface area (Å²) in [7, 11) is -2.70. The zero-order valence-corrected chi connectivity index (χ0v) is 10.3. The molecule has 2 heterocycles. The average Bonchev–Trinajstić information content (AvgIpc) is 1.89. The van der Waals surface area contributed by atoms with E-state index in [1.165, 1.54) is 0 Å². The molecule has 1 N–H and O–H groups in total. The number of hydrogen-bond acceptors (Lipinski definition) is 4. The second kappa shape index (κ2) is 5.51. The Labute approximate surface area is 97.2 Å². The van der Waals surface area contributed by atoms with Gasteiger partial charge in [0.05, 0.1) is 11.5 Å². The summed E-state index contributed by atoms with van der Waals surface area (Å²) in [6.07, 6.45) is 0. The molecule has 0 radical (unpaired) electrons. The smallest absolute Gasteiger partial charge is 0.152 e. The number of nitrogens with one attached hydrogen (secondary N) is 1. The third-order valence-electron chi connectivity index (χ3n) is 2.66. The topological polar surface area (TPSA) is 49.4 Å². The van der Waals surface area contributed by atoms with Gasteiger partial charge in [-0.15, -0.1) is 24.8 Å². The maximum absolute atomic E-state index is 11.1.